The van der Waals surface area contributed by atoms with Crippen LogP contribution in [0.15, 0.2) is 59.3 Å². The molecule has 2 nitrogen and oxygen atoms in total. The number of hydrogen-bond donors (Lipinski definition) is 0. The molecule has 3 heteroatoms. The molecule has 0 aliphatic rings. The van der Waals surface area contributed by atoms with E-state index in [2.05, 4.69) is 20.9 Å². The summed E-state index contributed by atoms with van der Waals surface area (Å²) in [6.45, 7) is 1.95. The number of hydrogen-bond acceptors (Lipinski definition) is 2. The third kappa shape index (κ3) is 2.14. The Labute approximate surface area is 125 Å². The summed E-state index contributed by atoms with van der Waals surface area (Å²) in [6.07, 6.45) is 3.49. The molecule has 20 heavy (non-hydrogen) atoms. The molecule has 3 aromatic rings. The monoisotopic (exact) mass is 325 g/mol. The highest BCUT2D eigenvalue weighted by molar-refractivity contribution is 9.10. The van der Waals surface area contributed by atoms with E-state index >= 15 is 0 Å². The number of halogens is 1. The zero-order valence-corrected chi connectivity index (χ0v) is 12.5. The van der Waals surface area contributed by atoms with Crippen molar-refractivity contribution in [3.05, 3.63) is 76.0 Å². The van der Waals surface area contributed by atoms with Crippen LogP contribution in [0, 0.1) is 6.92 Å². The van der Waals surface area contributed by atoms with Crippen LogP contribution in [-0.4, -0.2) is 10.8 Å². The Kier molecular flexibility index (Phi) is 3.36. The minimum Gasteiger partial charge on any atom is -0.289 e. The first-order valence-corrected chi connectivity index (χ1v) is 7.10. The number of pyridine rings is 1. The molecule has 0 radical (unpaired) electrons. The number of aromatic nitrogens is 1. The van der Waals surface area contributed by atoms with E-state index in [0.29, 0.717) is 5.56 Å². The van der Waals surface area contributed by atoms with Gasteiger partial charge in [0.1, 0.15) is 0 Å². The van der Waals surface area contributed by atoms with Crippen molar-refractivity contribution in [3.8, 4) is 0 Å². The molecular formula is C17H12BrNO. The number of nitrogens with zero attached hydrogens (tertiary/aromatic N) is 1. The predicted molar refractivity (Wildman–Crippen MR) is 84.1 cm³/mol. The van der Waals surface area contributed by atoms with Crippen LogP contribution in [0.25, 0.3) is 10.8 Å². The summed E-state index contributed by atoms with van der Waals surface area (Å²) in [4.78, 5) is 16.9. The topological polar surface area (TPSA) is 30.0 Å². The molecule has 3 rings (SSSR count). The summed E-state index contributed by atoms with van der Waals surface area (Å²) in [5.74, 6) is 0.0422. The highest BCUT2D eigenvalue weighted by Crippen LogP contribution is 2.25. The zero-order valence-electron chi connectivity index (χ0n) is 10.9. The van der Waals surface area contributed by atoms with Crippen LogP contribution in [0.1, 0.15) is 21.5 Å². The van der Waals surface area contributed by atoms with Crippen molar-refractivity contribution in [2.75, 3.05) is 0 Å². The number of rotatable bonds is 2. The van der Waals surface area contributed by atoms with Crippen molar-refractivity contribution in [1.29, 1.82) is 0 Å². The maximum atomic E-state index is 12.8. The fourth-order valence-electron chi connectivity index (χ4n) is 2.32. The molecule has 0 bridgehead atoms. The van der Waals surface area contributed by atoms with Gasteiger partial charge in [0.05, 0.1) is 0 Å². The van der Waals surface area contributed by atoms with E-state index in [1.54, 1.807) is 12.4 Å². The van der Waals surface area contributed by atoms with Gasteiger partial charge in [-0.3, -0.25) is 9.78 Å². The fraction of sp³-hybridized carbons (Fsp3) is 0.0588. The Balaban J connectivity index is 2.21. The quantitative estimate of drug-likeness (QED) is 0.647. The maximum Gasteiger partial charge on any atom is 0.193 e. The molecule has 0 aliphatic carbocycles. The van der Waals surface area contributed by atoms with Crippen molar-refractivity contribution in [3.63, 3.8) is 0 Å². The number of fused-ring (bicyclic) bond motifs is 1. The Morgan fingerprint density at radius 3 is 2.65 bits per heavy atom. The normalized spacial score (nSPS) is 10.7. The van der Waals surface area contributed by atoms with Gasteiger partial charge in [-0.1, -0.05) is 46.3 Å². The zero-order chi connectivity index (χ0) is 14.1. The van der Waals surface area contributed by atoms with Crippen molar-refractivity contribution in [1.82, 2.24) is 4.98 Å². The van der Waals surface area contributed by atoms with Gasteiger partial charge in [0, 0.05) is 33.4 Å². The molecule has 2 aromatic carbocycles. The van der Waals surface area contributed by atoms with Gasteiger partial charge in [-0.05, 0) is 30.0 Å². The molecule has 0 N–H and O–H groups in total. The highest BCUT2D eigenvalue weighted by atomic mass is 79.9. The largest absolute Gasteiger partial charge is 0.289 e. The lowest BCUT2D eigenvalue weighted by Gasteiger charge is -2.09. The van der Waals surface area contributed by atoms with E-state index < -0.39 is 0 Å². The molecule has 0 aliphatic heterocycles. The van der Waals surface area contributed by atoms with Crippen LogP contribution in [-0.2, 0) is 0 Å². The van der Waals surface area contributed by atoms with Crippen molar-refractivity contribution in [2.45, 2.75) is 6.92 Å². The Morgan fingerprint density at radius 1 is 1.05 bits per heavy atom. The summed E-state index contributed by atoms with van der Waals surface area (Å²) in [5, 5.41) is 1.91. The third-order valence-corrected chi connectivity index (χ3v) is 4.30. The average Bonchev–Trinajstić information content (AvgIpc) is 2.49. The first-order valence-electron chi connectivity index (χ1n) is 6.31. The minimum absolute atomic E-state index is 0.0422. The highest BCUT2D eigenvalue weighted by Gasteiger charge is 2.15. The predicted octanol–water partition coefficient (Wildman–Crippen LogP) is 4.54. The van der Waals surface area contributed by atoms with E-state index in [0.717, 1.165) is 26.4 Å². The molecule has 1 aromatic heterocycles. The second-order valence-electron chi connectivity index (χ2n) is 4.64. The number of carbonyl (C=O) groups is 1. The molecule has 0 spiro atoms. The maximum absolute atomic E-state index is 12.8. The van der Waals surface area contributed by atoms with Crippen LogP contribution in [0.5, 0.6) is 0 Å². The van der Waals surface area contributed by atoms with Crippen LogP contribution >= 0.6 is 15.9 Å². The van der Waals surface area contributed by atoms with E-state index in [4.69, 9.17) is 0 Å². The minimum atomic E-state index is 0.0422. The Bertz CT molecular complexity index is 806. The van der Waals surface area contributed by atoms with E-state index in [1.165, 1.54) is 0 Å². The summed E-state index contributed by atoms with van der Waals surface area (Å²) in [7, 11) is 0. The fourth-order valence-corrected chi connectivity index (χ4v) is 2.69. The molecule has 1 heterocycles. The number of carbonyl (C=O) groups excluding carboxylic acids is 1. The lowest BCUT2D eigenvalue weighted by atomic mass is 9.96. The first-order chi connectivity index (χ1) is 9.68. The third-order valence-electron chi connectivity index (χ3n) is 3.44. The van der Waals surface area contributed by atoms with Crippen LogP contribution < -0.4 is 0 Å². The SMILES string of the molecule is Cc1c(Br)cccc1C(=O)c1cccc2cnccc12. The van der Waals surface area contributed by atoms with Gasteiger partial charge in [0.2, 0.25) is 0 Å². The lowest BCUT2D eigenvalue weighted by Crippen LogP contribution is -2.04. The van der Waals surface area contributed by atoms with Crippen molar-refractivity contribution >= 4 is 32.5 Å². The van der Waals surface area contributed by atoms with Gasteiger partial charge in [-0.25, -0.2) is 0 Å². The first kappa shape index (κ1) is 13.0. The van der Waals surface area contributed by atoms with Gasteiger partial charge in [0.15, 0.2) is 5.78 Å². The van der Waals surface area contributed by atoms with Crippen LogP contribution in [0.3, 0.4) is 0 Å². The van der Waals surface area contributed by atoms with Gasteiger partial charge < -0.3 is 0 Å². The Morgan fingerprint density at radius 2 is 1.80 bits per heavy atom. The number of ketones is 1. The van der Waals surface area contributed by atoms with E-state index in [9.17, 15) is 4.79 Å². The van der Waals surface area contributed by atoms with Crippen molar-refractivity contribution in [2.24, 2.45) is 0 Å². The summed E-state index contributed by atoms with van der Waals surface area (Å²) in [5.41, 5.74) is 2.40. The van der Waals surface area contributed by atoms with Gasteiger partial charge in [-0.15, -0.1) is 0 Å². The lowest BCUT2D eigenvalue weighted by molar-refractivity contribution is 0.103. The van der Waals surface area contributed by atoms with Crippen LogP contribution in [0.4, 0.5) is 0 Å². The molecule has 0 unspecified atom stereocenters. The van der Waals surface area contributed by atoms with Gasteiger partial charge >= 0.3 is 0 Å². The molecular weight excluding hydrogens is 314 g/mol. The average molecular weight is 326 g/mol. The molecule has 98 valence electrons. The van der Waals surface area contributed by atoms with Gasteiger partial charge in [-0.2, -0.15) is 0 Å². The molecule has 0 saturated carbocycles. The van der Waals surface area contributed by atoms with Gasteiger partial charge in [0.25, 0.3) is 0 Å². The standard InChI is InChI=1S/C17H12BrNO/c1-11-13(5-3-7-16(11)18)17(20)15-6-2-4-12-10-19-9-8-14(12)15/h2-10H,1H3. The Hall–Kier alpha value is -2.00. The molecule has 0 atom stereocenters. The summed E-state index contributed by atoms with van der Waals surface area (Å²) < 4.78 is 0.949. The summed E-state index contributed by atoms with van der Waals surface area (Å²) in [6, 6.07) is 13.3. The van der Waals surface area contributed by atoms with E-state index in [1.807, 2.05) is 49.4 Å². The molecule has 0 fully saturated rings. The molecule has 0 saturated heterocycles. The second-order valence-corrected chi connectivity index (χ2v) is 5.50. The van der Waals surface area contributed by atoms with Crippen molar-refractivity contribution < 1.29 is 4.79 Å². The molecule has 0 amide bonds. The van der Waals surface area contributed by atoms with Crippen LogP contribution in [0.2, 0.25) is 0 Å². The smallest absolute Gasteiger partial charge is 0.193 e. The number of benzene rings is 2. The summed E-state index contributed by atoms with van der Waals surface area (Å²) >= 11 is 3.47. The van der Waals surface area contributed by atoms with E-state index in [-0.39, 0.29) is 5.78 Å². The second kappa shape index (κ2) is 5.17.